The molecule has 0 N–H and O–H groups in total. The van der Waals surface area contributed by atoms with Gasteiger partial charge in [0.25, 0.3) is 0 Å². The highest BCUT2D eigenvalue weighted by Gasteiger charge is 2.02. The van der Waals surface area contributed by atoms with Crippen LogP contribution in [0, 0.1) is 0 Å². The fourth-order valence-electron chi connectivity index (χ4n) is 1.33. The van der Waals surface area contributed by atoms with Crippen molar-refractivity contribution < 1.29 is 3.79 Å². The summed E-state index contributed by atoms with van der Waals surface area (Å²) in [7, 11) is 0. The number of pyridine rings is 1. The fourth-order valence-corrected chi connectivity index (χ4v) is 1.58. The van der Waals surface area contributed by atoms with E-state index >= 15 is 0 Å². The van der Waals surface area contributed by atoms with E-state index in [1.54, 1.807) is 6.20 Å². The van der Waals surface area contributed by atoms with E-state index < -0.39 is 0 Å². The molecule has 0 unspecified atom stereocenters. The first-order valence-corrected chi connectivity index (χ1v) is 4.92. The SMILES string of the molecule is [AlH][O]c1ccccc1-c1ccccn1. The van der Waals surface area contributed by atoms with Crippen LogP contribution in [0.25, 0.3) is 11.3 Å². The van der Waals surface area contributed by atoms with Crippen LogP contribution in [0.15, 0.2) is 48.7 Å². The zero-order chi connectivity index (χ0) is 9.80. The Morgan fingerprint density at radius 3 is 2.50 bits per heavy atom. The molecule has 0 aliphatic rings. The van der Waals surface area contributed by atoms with Gasteiger partial charge in [0.05, 0.1) is 11.4 Å². The van der Waals surface area contributed by atoms with Gasteiger partial charge >= 0.3 is 16.6 Å². The first kappa shape index (κ1) is 9.26. The Kier molecular flexibility index (Phi) is 2.83. The molecule has 0 saturated heterocycles. The van der Waals surface area contributed by atoms with Crippen LogP contribution in [0.3, 0.4) is 0 Å². The van der Waals surface area contributed by atoms with Crippen LogP contribution >= 0.6 is 0 Å². The number of benzene rings is 1. The summed E-state index contributed by atoms with van der Waals surface area (Å²) in [6, 6.07) is 13.7. The molecule has 0 saturated carbocycles. The standard InChI is InChI=1S/C11H9NO.Al.H/c13-11-7-2-1-5-9(11)10-6-3-4-8-12-10;;/h1-8,13H;;/q;+1;/p-1. The number of hydrogen-bond acceptors (Lipinski definition) is 2. The van der Waals surface area contributed by atoms with Crippen molar-refractivity contribution in [1.29, 1.82) is 0 Å². The van der Waals surface area contributed by atoms with Crippen molar-refractivity contribution in [3.05, 3.63) is 48.7 Å². The van der Waals surface area contributed by atoms with Gasteiger partial charge in [-0.25, -0.2) is 0 Å². The minimum atomic E-state index is 0.865. The Bertz CT molecular complexity index is 417. The lowest BCUT2D eigenvalue weighted by Gasteiger charge is -2.08. The van der Waals surface area contributed by atoms with E-state index in [-0.39, 0.29) is 0 Å². The summed E-state index contributed by atoms with van der Waals surface area (Å²) in [4.78, 5) is 4.28. The average Bonchev–Trinajstić information content (AvgIpc) is 2.30. The molecule has 1 aromatic carbocycles. The van der Waals surface area contributed by atoms with Gasteiger partial charge in [-0.15, -0.1) is 0 Å². The molecule has 2 nitrogen and oxygen atoms in total. The van der Waals surface area contributed by atoms with E-state index in [4.69, 9.17) is 3.79 Å². The molecule has 1 aromatic heterocycles. The molecule has 2 rings (SSSR count). The zero-order valence-corrected chi connectivity index (χ0v) is 9.10. The monoisotopic (exact) mass is 198 g/mol. The second-order valence-electron chi connectivity index (χ2n) is 2.86. The highest BCUT2D eigenvalue weighted by atomic mass is 27.1. The van der Waals surface area contributed by atoms with Crippen molar-refractivity contribution in [2.75, 3.05) is 0 Å². The van der Waals surface area contributed by atoms with Gasteiger partial charge < -0.3 is 3.79 Å². The number of hydrogen-bond donors (Lipinski definition) is 0. The number of rotatable bonds is 2. The molecule has 14 heavy (non-hydrogen) atoms. The summed E-state index contributed by atoms with van der Waals surface area (Å²) < 4.78 is 5.29. The van der Waals surface area contributed by atoms with Gasteiger partial charge in [0.2, 0.25) is 0 Å². The Morgan fingerprint density at radius 1 is 1.00 bits per heavy atom. The molecule has 3 heteroatoms. The van der Waals surface area contributed by atoms with E-state index in [9.17, 15) is 0 Å². The second-order valence-corrected chi connectivity index (χ2v) is 3.14. The van der Waals surface area contributed by atoms with E-state index in [1.807, 2.05) is 42.5 Å². The topological polar surface area (TPSA) is 22.1 Å². The third kappa shape index (κ3) is 1.79. The van der Waals surface area contributed by atoms with Crippen molar-refractivity contribution in [1.82, 2.24) is 4.98 Å². The lowest BCUT2D eigenvalue weighted by atomic mass is 10.1. The first-order valence-electron chi connectivity index (χ1n) is 4.34. The molecule has 0 aliphatic carbocycles. The highest BCUT2D eigenvalue weighted by molar-refractivity contribution is 6.00. The zero-order valence-electron chi connectivity index (χ0n) is 7.68. The van der Waals surface area contributed by atoms with Crippen molar-refractivity contribution in [2.24, 2.45) is 0 Å². The van der Waals surface area contributed by atoms with Crippen LogP contribution in [-0.2, 0) is 0 Å². The molecule has 0 bridgehead atoms. The summed E-state index contributed by atoms with van der Waals surface area (Å²) in [5.41, 5.74) is 1.97. The molecule has 0 amide bonds. The van der Waals surface area contributed by atoms with Crippen molar-refractivity contribution in [2.45, 2.75) is 0 Å². The van der Waals surface area contributed by atoms with E-state index in [0.717, 1.165) is 17.0 Å². The van der Waals surface area contributed by atoms with Crippen LogP contribution in [-0.4, -0.2) is 21.6 Å². The van der Waals surface area contributed by atoms with Crippen LogP contribution in [0.2, 0.25) is 0 Å². The Morgan fingerprint density at radius 2 is 1.79 bits per heavy atom. The van der Waals surface area contributed by atoms with E-state index in [0.29, 0.717) is 0 Å². The van der Waals surface area contributed by atoms with Crippen LogP contribution in [0.1, 0.15) is 0 Å². The maximum atomic E-state index is 5.29. The van der Waals surface area contributed by atoms with Crippen LogP contribution in [0.4, 0.5) is 0 Å². The Balaban J connectivity index is 2.51. The van der Waals surface area contributed by atoms with E-state index in [2.05, 4.69) is 4.98 Å². The number of aromatic nitrogens is 1. The highest BCUT2D eigenvalue weighted by Crippen LogP contribution is 2.27. The third-order valence-electron chi connectivity index (χ3n) is 1.98. The smallest absolute Gasteiger partial charge is 0.494 e. The molecule has 1 heterocycles. The summed E-state index contributed by atoms with van der Waals surface area (Å²) in [6.07, 6.45) is 1.78. The summed E-state index contributed by atoms with van der Waals surface area (Å²) in [6.45, 7) is 0. The first-order chi connectivity index (χ1) is 6.92. The van der Waals surface area contributed by atoms with Gasteiger partial charge in [0.1, 0.15) is 0 Å². The summed E-state index contributed by atoms with van der Waals surface area (Å²) in [5.74, 6) is 0.865. The van der Waals surface area contributed by atoms with Gasteiger partial charge in [0.15, 0.2) is 0 Å². The molecular weight excluding hydrogens is 189 g/mol. The normalized spacial score (nSPS) is 9.71. The number of nitrogens with zero attached hydrogens (tertiary/aromatic N) is 1. The minimum Gasteiger partial charge on any atom is -0.650 e. The molecule has 2 aromatic rings. The van der Waals surface area contributed by atoms with Crippen molar-refractivity contribution in [3.63, 3.8) is 0 Å². The van der Waals surface area contributed by atoms with Crippen LogP contribution < -0.4 is 3.79 Å². The van der Waals surface area contributed by atoms with Gasteiger partial charge in [-0.05, 0) is 24.3 Å². The Labute approximate surface area is 91.3 Å². The summed E-state index contributed by atoms with van der Waals surface area (Å²) in [5, 5.41) is 0. The molecule has 0 spiro atoms. The lowest BCUT2D eigenvalue weighted by molar-refractivity contribution is 0.618. The molecule has 0 aliphatic heterocycles. The largest absolute Gasteiger partial charge is 0.650 e. The second kappa shape index (κ2) is 4.28. The Hall–Kier alpha value is -1.30. The predicted octanol–water partition coefficient (Wildman–Crippen LogP) is 1.94. The fraction of sp³-hybridized carbons (Fsp3) is 0. The lowest BCUT2D eigenvalue weighted by Crippen LogP contribution is -1.90. The molecule has 0 atom stereocenters. The van der Waals surface area contributed by atoms with Gasteiger partial charge in [-0.3, -0.25) is 4.98 Å². The van der Waals surface area contributed by atoms with Crippen molar-refractivity contribution in [3.8, 4) is 17.0 Å². The molecule has 67 valence electrons. The predicted molar refractivity (Wildman–Crippen MR) is 57.5 cm³/mol. The quantitative estimate of drug-likeness (QED) is 0.688. The molecular formula is C11H9AlNO. The number of para-hydroxylation sites is 1. The average molecular weight is 198 g/mol. The van der Waals surface area contributed by atoms with Gasteiger partial charge in [0, 0.05) is 11.8 Å². The van der Waals surface area contributed by atoms with Crippen molar-refractivity contribution >= 4 is 16.6 Å². The van der Waals surface area contributed by atoms with Gasteiger partial charge in [-0.1, -0.05) is 18.2 Å². The molecule has 0 fully saturated rings. The molecule has 1 radical (unpaired) electrons. The summed E-state index contributed by atoms with van der Waals surface area (Å²) >= 11 is 1.47. The minimum absolute atomic E-state index is 0.865. The third-order valence-corrected chi connectivity index (χ3v) is 2.29. The maximum absolute atomic E-state index is 5.29. The van der Waals surface area contributed by atoms with Crippen LogP contribution in [0.5, 0.6) is 5.75 Å². The van der Waals surface area contributed by atoms with Gasteiger partial charge in [-0.2, -0.15) is 0 Å². The van der Waals surface area contributed by atoms with E-state index in [1.165, 1.54) is 16.6 Å². The maximum Gasteiger partial charge on any atom is 0.494 e.